The standard InChI is InChI=1S/C10H9FO/c1-2-3-8-4-5-9(7-12)10(11)6-8/h2,4-7H,1,3H2. The van der Waals surface area contributed by atoms with Crippen molar-refractivity contribution in [3.8, 4) is 0 Å². The van der Waals surface area contributed by atoms with Crippen LogP contribution in [0.1, 0.15) is 15.9 Å². The Morgan fingerprint density at radius 3 is 2.75 bits per heavy atom. The number of rotatable bonds is 3. The molecule has 62 valence electrons. The molecule has 0 saturated heterocycles. The Kier molecular flexibility index (Phi) is 2.75. The molecule has 1 aromatic carbocycles. The van der Waals surface area contributed by atoms with E-state index in [9.17, 15) is 9.18 Å². The maximum Gasteiger partial charge on any atom is 0.152 e. The van der Waals surface area contributed by atoms with Crippen molar-refractivity contribution < 1.29 is 9.18 Å². The van der Waals surface area contributed by atoms with Crippen LogP contribution in [-0.4, -0.2) is 6.29 Å². The monoisotopic (exact) mass is 164 g/mol. The van der Waals surface area contributed by atoms with Gasteiger partial charge in [-0.05, 0) is 24.1 Å². The predicted molar refractivity (Wildman–Crippen MR) is 45.7 cm³/mol. The summed E-state index contributed by atoms with van der Waals surface area (Å²) in [6.07, 6.45) is 2.82. The van der Waals surface area contributed by atoms with Crippen molar-refractivity contribution in [3.63, 3.8) is 0 Å². The minimum absolute atomic E-state index is 0.0998. The Labute approximate surface area is 70.5 Å². The molecule has 12 heavy (non-hydrogen) atoms. The summed E-state index contributed by atoms with van der Waals surface area (Å²) in [5, 5.41) is 0. The van der Waals surface area contributed by atoms with Crippen LogP contribution < -0.4 is 0 Å². The third-order valence-corrected chi connectivity index (χ3v) is 1.57. The van der Waals surface area contributed by atoms with Gasteiger partial charge in [0, 0.05) is 0 Å². The van der Waals surface area contributed by atoms with Crippen LogP contribution in [0, 0.1) is 5.82 Å². The normalized spacial score (nSPS) is 9.42. The summed E-state index contributed by atoms with van der Waals surface area (Å²) in [5.41, 5.74) is 0.927. The van der Waals surface area contributed by atoms with Gasteiger partial charge in [-0.2, -0.15) is 0 Å². The number of hydrogen-bond acceptors (Lipinski definition) is 1. The molecule has 0 heterocycles. The average molecular weight is 164 g/mol. The highest BCUT2D eigenvalue weighted by Crippen LogP contribution is 2.09. The van der Waals surface area contributed by atoms with Crippen molar-refractivity contribution in [1.82, 2.24) is 0 Å². The lowest BCUT2D eigenvalue weighted by Crippen LogP contribution is -1.89. The van der Waals surface area contributed by atoms with E-state index in [0.29, 0.717) is 12.7 Å². The molecule has 1 aromatic rings. The summed E-state index contributed by atoms with van der Waals surface area (Å²) in [7, 11) is 0. The highest BCUT2D eigenvalue weighted by atomic mass is 19.1. The van der Waals surface area contributed by atoms with E-state index >= 15 is 0 Å². The van der Waals surface area contributed by atoms with E-state index in [4.69, 9.17) is 0 Å². The van der Waals surface area contributed by atoms with Crippen LogP contribution in [0.25, 0.3) is 0 Å². The van der Waals surface area contributed by atoms with Crippen LogP contribution in [0.15, 0.2) is 30.9 Å². The molecule has 1 nitrogen and oxygen atoms in total. The molecule has 2 heteroatoms. The summed E-state index contributed by atoms with van der Waals surface area (Å²) in [5.74, 6) is -0.468. The Hall–Kier alpha value is -1.44. The first-order valence-electron chi connectivity index (χ1n) is 3.62. The van der Waals surface area contributed by atoms with Gasteiger partial charge in [0.1, 0.15) is 5.82 Å². The number of halogens is 1. The number of aldehydes is 1. The third kappa shape index (κ3) is 1.78. The molecule has 0 fully saturated rings. The van der Waals surface area contributed by atoms with E-state index in [2.05, 4.69) is 6.58 Å². The lowest BCUT2D eigenvalue weighted by Gasteiger charge is -1.98. The number of carbonyl (C=O) groups is 1. The molecule has 0 N–H and O–H groups in total. The average Bonchev–Trinajstić information content (AvgIpc) is 2.05. The van der Waals surface area contributed by atoms with Crippen molar-refractivity contribution in [2.45, 2.75) is 6.42 Å². The third-order valence-electron chi connectivity index (χ3n) is 1.57. The van der Waals surface area contributed by atoms with Crippen molar-refractivity contribution in [3.05, 3.63) is 47.8 Å². The molecule has 0 bridgehead atoms. The molecule has 0 saturated carbocycles. The van der Waals surface area contributed by atoms with E-state index in [1.54, 1.807) is 12.1 Å². The lowest BCUT2D eigenvalue weighted by molar-refractivity contribution is 0.112. The van der Waals surface area contributed by atoms with E-state index in [1.807, 2.05) is 0 Å². The summed E-state index contributed by atoms with van der Waals surface area (Å²) in [4.78, 5) is 10.2. The second kappa shape index (κ2) is 3.81. The molecule has 0 unspecified atom stereocenters. The van der Waals surface area contributed by atoms with Crippen LogP contribution in [0.4, 0.5) is 4.39 Å². The van der Waals surface area contributed by atoms with Gasteiger partial charge in [-0.25, -0.2) is 4.39 Å². The summed E-state index contributed by atoms with van der Waals surface area (Å²) in [6, 6.07) is 4.54. The Morgan fingerprint density at radius 2 is 2.25 bits per heavy atom. The van der Waals surface area contributed by atoms with Gasteiger partial charge in [-0.3, -0.25) is 4.79 Å². The molecule has 0 spiro atoms. The smallest absolute Gasteiger partial charge is 0.152 e. The maximum absolute atomic E-state index is 12.9. The van der Waals surface area contributed by atoms with Gasteiger partial charge in [0.15, 0.2) is 6.29 Å². The van der Waals surface area contributed by atoms with Gasteiger partial charge in [0.2, 0.25) is 0 Å². The predicted octanol–water partition coefficient (Wildman–Crippen LogP) is 2.37. The Bertz CT molecular complexity index is 305. The highest BCUT2D eigenvalue weighted by molar-refractivity contribution is 5.75. The minimum Gasteiger partial charge on any atom is -0.298 e. The van der Waals surface area contributed by atoms with Crippen molar-refractivity contribution in [1.29, 1.82) is 0 Å². The van der Waals surface area contributed by atoms with Crippen LogP contribution in [-0.2, 0) is 6.42 Å². The molecule has 0 amide bonds. The number of allylic oxidation sites excluding steroid dienone is 1. The Morgan fingerprint density at radius 1 is 1.50 bits per heavy atom. The van der Waals surface area contributed by atoms with Crippen LogP contribution in [0.3, 0.4) is 0 Å². The highest BCUT2D eigenvalue weighted by Gasteiger charge is 2.00. The van der Waals surface area contributed by atoms with Gasteiger partial charge in [-0.15, -0.1) is 6.58 Å². The van der Waals surface area contributed by atoms with Gasteiger partial charge in [-0.1, -0.05) is 12.1 Å². The molecule has 0 aliphatic heterocycles. The zero-order chi connectivity index (χ0) is 8.97. The van der Waals surface area contributed by atoms with Crippen molar-refractivity contribution in [2.24, 2.45) is 0 Å². The van der Waals surface area contributed by atoms with Crippen molar-refractivity contribution >= 4 is 6.29 Å². The fourth-order valence-corrected chi connectivity index (χ4v) is 0.960. The first kappa shape index (κ1) is 8.65. The van der Waals surface area contributed by atoms with Gasteiger partial charge >= 0.3 is 0 Å². The molecule has 0 aromatic heterocycles. The summed E-state index contributed by atoms with van der Waals surface area (Å²) < 4.78 is 12.9. The van der Waals surface area contributed by atoms with Gasteiger partial charge < -0.3 is 0 Å². The van der Waals surface area contributed by atoms with E-state index in [1.165, 1.54) is 12.1 Å². The second-order valence-electron chi connectivity index (χ2n) is 2.47. The molecule has 0 aliphatic rings. The molecule has 0 aliphatic carbocycles. The topological polar surface area (TPSA) is 17.1 Å². The van der Waals surface area contributed by atoms with E-state index in [-0.39, 0.29) is 5.56 Å². The first-order valence-corrected chi connectivity index (χ1v) is 3.62. The first-order chi connectivity index (χ1) is 5.77. The van der Waals surface area contributed by atoms with Crippen LogP contribution in [0.5, 0.6) is 0 Å². The molecule has 0 radical (unpaired) electrons. The molecule has 1 rings (SSSR count). The molecule has 0 atom stereocenters. The summed E-state index contributed by atoms with van der Waals surface area (Å²) >= 11 is 0. The fraction of sp³-hybridized carbons (Fsp3) is 0.100. The zero-order valence-corrected chi connectivity index (χ0v) is 6.59. The van der Waals surface area contributed by atoms with Crippen LogP contribution in [0.2, 0.25) is 0 Å². The fourth-order valence-electron chi connectivity index (χ4n) is 0.960. The van der Waals surface area contributed by atoms with E-state index < -0.39 is 5.82 Å². The number of benzene rings is 1. The summed E-state index contributed by atoms with van der Waals surface area (Å²) in [6.45, 7) is 3.54. The second-order valence-corrected chi connectivity index (χ2v) is 2.47. The SMILES string of the molecule is C=CCc1ccc(C=O)c(F)c1. The largest absolute Gasteiger partial charge is 0.298 e. The Balaban J connectivity index is 3.00. The van der Waals surface area contributed by atoms with Gasteiger partial charge in [0.25, 0.3) is 0 Å². The lowest BCUT2D eigenvalue weighted by atomic mass is 10.1. The quantitative estimate of drug-likeness (QED) is 0.495. The maximum atomic E-state index is 12.9. The minimum atomic E-state index is -0.468. The van der Waals surface area contributed by atoms with Gasteiger partial charge in [0.05, 0.1) is 5.56 Å². The molecular weight excluding hydrogens is 155 g/mol. The zero-order valence-electron chi connectivity index (χ0n) is 6.59. The van der Waals surface area contributed by atoms with Crippen molar-refractivity contribution in [2.75, 3.05) is 0 Å². The molecular formula is C10H9FO. The number of carbonyl (C=O) groups excluding carboxylic acids is 1. The van der Waals surface area contributed by atoms with Crippen LogP contribution >= 0.6 is 0 Å². The number of hydrogen-bond donors (Lipinski definition) is 0. The van der Waals surface area contributed by atoms with E-state index in [0.717, 1.165) is 5.56 Å².